The van der Waals surface area contributed by atoms with Gasteiger partial charge in [-0.1, -0.05) is 25.7 Å². The highest BCUT2D eigenvalue weighted by Gasteiger charge is 2.44. The molecule has 0 radical (unpaired) electrons. The van der Waals surface area contributed by atoms with Gasteiger partial charge in [0, 0.05) is 22.0 Å². The lowest BCUT2D eigenvalue weighted by molar-refractivity contribution is 0.0686. The zero-order valence-electron chi connectivity index (χ0n) is 18.4. The Balaban J connectivity index is 0.000000139. The lowest BCUT2D eigenvalue weighted by atomic mass is 9.80. The van der Waals surface area contributed by atoms with Crippen molar-refractivity contribution < 1.29 is 29.3 Å². The van der Waals surface area contributed by atoms with Gasteiger partial charge in [-0.25, -0.2) is 9.59 Å². The molecule has 2 fully saturated rings. The van der Waals surface area contributed by atoms with Crippen LogP contribution in [0.1, 0.15) is 83.2 Å². The Kier molecular flexibility index (Phi) is 5.63. The summed E-state index contributed by atoms with van der Waals surface area (Å²) in [6.45, 7) is 1.43. The average molecular weight is 515 g/mol. The molecule has 4 aliphatic rings. The van der Waals surface area contributed by atoms with Gasteiger partial charge in [0.05, 0.1) is 28.8 Å². The number of carboxylic acids is 2. The highest BCUT2D eigenvalue weighted by molar-refractivity contribution is 9.10. The Hall–Kier alpha value is -2.54. The van der Waals surface area contributed by atoms with Crippen LogP contribution in [0, 0.1) is 0 Å². The van der Waals surface area contributed by atoms with Gasteiger partial charge in [0.1, 0.15) is 11.5 Å². The Bertz CT molecular complexity index is 1110. The molecule has 2 spiro atoms. The first-order valence-electron chi connectivity index (χ1n) is 11.5. The molecule has 2 aliphatic heterocycles. The summed E-state index contributed by atoms with van der Waals surface area (Å²) >= 11 is 3.41. The molecule has 0 unspecified atom stereocenters. The van der Waals surface area contributed by atoms with Crippen molar-refractivity contribution in [2.75, 3.05) is 13.2 Å². The molecular formula is C26H27BrO6. The molecule has 0 aromatic heterocycles. The summed E-state index contributed by atoms with van der Waals surface area (Å²) < 4.78 is 12.2. The van der Waals surface area contributed by atoms with E-state index < -0.39 is 11.9 Å². The van der Waals surface area contributed by atoms with E-state index in [0.717, 1.165) is 59.4 Å². The summed E-state index contributed by atoms with van der Waals surface area (Å²) in [6.07, 6.45) is 9.33. The van der Waals surface area contributed by atoms with Crippen LogP contribution in [0.2, 0.25) is 0 Å². The monoisotopic (exact) mass is 514 g/mol. The van der Waals surface area contributed by atoms with Crippen molar-refractivity contribution in [3.05, 3.63) is 57.1 Å². The number of ether oxygens (including phenoxy) is 2. The minimum Gasteiger partial charge on any atom is -0.492 e. The number of fused-ring (bicyclic) bond motifs is 4. The molecule has 7 heteroatoms. The van der Waals surface area contributed by atoms with Gasteiger partial charge in [-0.05, 0) is 71.9 Å². The SMILES string of the molecule is O=C(O)c1cc(Br)c2c(c1)C1(CCCC1)CO2.O=C(O)c1ccc2c(c1)C1(CCCC1)CO2. The average Bonchev–Trinajstić information content (AvgIpc) is 3.59. The van der Waals surface area contributed by atoms with Crippen LogP contribution in [-0.4, -0.2) is 35.4 Å². The fourth-order valence-corrected chi connectivity index (χ4v) is 6.55. The zero-order chi connectivity index (χ0) is 23.2. The van der Waals surface area contributed by atoms with Gasteiger partial charge in [0.15, 0.2) is 0 Å². The number of carbonyl (C=O) groups is 2. The number of carboxylic acid groups (broad SMARTS) is 2. The third-order valence-electron chi connectivity index (χ3n) is 7.78. The number of hydrogen-bond acceptors (Lipinski definition) is 4. The Morgan fingerprint density at radius 1 is 0.758 bits per heavy atom. The molecule has 6 nitrogen and oxygen atoms in total. The molecule has 6 rings (SSSR count). The summed E-state index contributed by atoms with van der Waals surface area (Å²) in [7, 11) is 0. The minimum atomic E-state index is -0.881. The van der Waals surface area contributed by atoms with Gasteiger partial charge in [-0.15, -0.1) is 0 Å². The maximum atomic E-state index is 11.1. The summed E-state index contributed by atoms with van der Waals surface area (Å²) in [6, 6.07) is 8.63. The molecule has 2 heterocycles. The van der Waals surface area contributed by atoms with Gasteiger partial charge in [0.2, 0.25) is 0 Å². The van der Waals surface area contributed by atoms with E-state index in [0.29, 0.717) is 17.7 Å². The number of halogens is 1. The van der Waals surface area contributed by atoms with Crippen LogP contribution in [0.5, 0.6) is 11.5 Å². The number of benzene rings is 2. The van der Waals surface area contributed by atoms with E-state index in [1.807, 2.05) is 0 Å². The van der Waals surface area contributed by atoms with Crippen LogP contribution in [0.25, 0.3) is 0 Å². The van der Waals surface area contributed by atoms with E-state index in [2.05, 4.69) is 15.9 Å². The maximum absolute atomic E-state index is 11.1. The van der Waals surface area contributed by atoms with Gasteiger partial charge in [0.25, 0.3) is 0 Å². The van der Waals surface area contributed by atoms with Crippen molar-refractivity contribution >= 4 is 27.9 Å². The highest BCUT2D eigenvalue weighted by atomic mass is 79.9. The first kappa shape index (κ1) is 22.3. The molecule has 0 amide bonds. The lowest BCUT2D eigenvalue weighted by Crippen LogP contribution is -2.23. The van der Waals surface area contributed by atoms with E-state index in [1.54, 1.807) is 30.3 Å². The highest BCUT2D eigenvalue weighted by Crippen LogP contribution is 2.52. The van der Waals surface area contributed by atoms with E-state index in [-0.39, 0.29) is 10.8 Å². The lowest BCUT2D eigenvalue weighted by Gasteiger charge is -2.21. The van der Waals surface area contributed by atoms with Crippen molar-refractivity contribution in [1.82, 2.24) is 0 Å². The van der Waals surface area contributed by atoms with Crippen LogP contribution in [-0.2, 0) is 10.8 Å². The summed E-state index contributed by atoms with van der Waals surface area (Å²) in [5, 5.41) is 18.1. The third kappa shape index (κ3) is 3.80. The second kappa shape index (κ2) is 8.35. The molecule has 2 aliphatic carbocycles. The van der Waals surface area contributed by atoms with Crippen LogP contribution in [0.3, 0.4) is 0 Å². The van der Waals surface area contributed by atoms with Crippen LogP contribution in [0.15, 0.2) is 34.8 Å². The number of rotatable bonds is 2. The largest absolute Gasteiger partial charge is 0.492 e. The van der Waals surface area contributed by atoms with E-state index in [4.69, 9.17) is 19.7 Å². The van der Waals surface area contributed by atoms with Crippen LogP contribution >= 0.6 is 15.9 Å². The molecule has 2 aromatic carbocycles. The molecule has 33 heavy (non-hydrogen) atoms. The Morgan fingerprint density at radius 3 is 1.91 bits per heavy atom. The van der Waals surface area contributed by atoms with E-state index in [1.165, 1.54) is 25.7 Å². The van der Waals surface area contributed by atoms with Crippen molar-refractivity contribution in [3.8, 4) is 11.5 Å². The molecule has 2 saturated carbocycles. The molecule has 0 bridgehead atoms. The second-order valence-electron chi connectivity index (χ2n) is 9.71. The van der Waals surface area contributed by atoms with E-state index in [9.17, 15) is 9.59 Å². The van der Waals surface area contributed by atoms with Gasteiger partial charge in [-0.3, -0.25) is 0 Å². The number of aromatic carboxylic acids is 2. The standard InChI is InChI=1S/C13H13BrO3.C13H14O3/c14-10-6-8(12(15)16)5-9-11(10)17-7-13(9)3-1-2-4-13;14-12(15)9-3-4-11-10(7-9)13(8-16-11)5-1-2-6-13/h5-6H,1-4,7H2,(H,15,16);3-4,7H,1-2,5-6,8H2,(H,14,15). The Labute approximate surface area is 201 Å². The quantitative estimate of drug-likeness (QED) is 0.514. The second-order valence-corrected chi connectivity index (χ2v) is 10.6. The molecule has 2 aromatic rings. The van der Waals surface area contributed by atoms with Crippen molar-refractivity contribution in [2.45, 2.75) is 62.2 Å². The van der Waals surface area contributed by atoms with Crippen molar-refractivity contribution in [3.63, 3.8) is 0 Å². The van der Waals surface area contributed by atoms with Gasteiger partial charge < -0.3 is 19.7 Å². The van der Waals surface area contributed by atoms with Crippen molar-refractivity contribution in [1.29, 1.82) is 0 Å². The molecule has 0 saturated heterocycles. The maximum Gasteiger partial charge on any atom is 0.335 e. The minimum absolute atomic E-state index is 0.0727. The summed E-state index contributed by atoms with van der Waals surface area (Å²) in [5.41, 5.74) is 3.10. The van der Waals surface area contributed by atoms with Gasteiger partial charge in [-0.2, -0.15) is 0 Å². The smallest absolute Gasteiger partial charge is 0.335 e. The van der Waals surface area contributed by atoms with Crippen LogP contribution in [0.4, 0.5) is 0 Å². The predicted octanol–water partition coefficient (Wildman–Crippen LogP) is 5.94. The zero-order valence-corrected chi connectivity index (χ0v) is 19.9. The topological polar surface area (TPSA) is 93.1 Å². The molecular weight excluding hydrogens is 488 g/mol. The summed E-state index contributed by atoms with van der Waals surface area (Å²) in [4.78, 5) is 22.1. The molecule has 174 valence electrons. The normalized spacial score (nSPS) is 20.5. The molecule has 0 atom stereocenters. The van der Waals surface area contributed by atoms with E-state index >= 15 is 0 Å². The Morgan fingerprint density at radius 2 is 1.30 bits per heavy atom. The summed E-state index contributed by atoms with van der Waals surface area (Å²) in [5.74, 6) is -0.0137. The molecule has 2 N–H and O–H groups in total. The predicted molar refractivity (Wildman–Crippen MR) is 126 cm³/mol. The fourth-order valence-electron chi connectivity index (χ4n) is 5.97. The number of hydrogen-bond donors (Lipinski definition) is 2. The van der Waals surface area contributed by atoms with Gasteiger partial charge >= 0.3 is 11.9 Å². The fraction of sp³-hybridized carbons (Fsp3) is 0.462. The van der Waals surface area contributed by atoms with Crippen molar-refractivity contribution in [2.24, 2.45) is 0 Å². The first-order chi connectivity index (χ1) is 15.8. The third-order valence-corrected chi connectivity index (χ3v) is 8.37. The first-order valence-corrected chi connectivity index (χ1v) is 12.3. The van der Waals surface area contributed by atoms with Crippen LogP contribution < -0.4 is 9.47 Å².